The van der Waals surface area contributed by atoms with Crippen molar-refractivity contribution >= 4 is 6.03 Å². The smallest absolute Gasteiger partial charge is 0.315 e. The van der Waals surface area contributed by atoms with Crippen LogP contribution in [0, 0.1) is 13.8 Å². The van der Waals surface area contributed by atoms with Crippen molar-refractivity contribution in [2.75, 3.05) is 13.2 Å². The SMILES string of the molecule is Cc1noc(C)c1CNC(=O)NCCOc1ccccc1C(C)C. The number of urea groups is 1. The second-order valence-corrected chi connectivity index (χ2v) is 5.95. The van der Waals surface area contributed by atoms with E-state index in [2.05, 4.69) is 35.7 Å². The summed E-state index contributed by atoms with van der Waals surface area (Å²) in [5.74, 6) is 1.99. The molecule has 0 bridgehead atoms. The summed E-state index contributed by atoms with van der Waals surface area (Å²) in [6.07, 6.45) is 0. The highest BCUT2D eigenvalue weighted by molar-refractivity contribution is 5.73. The van der Waals surface area contributed by atoms with Crippen molar-refractivity contribution in [3.63, 3.8) is 0 Å². The molecule has 0 radical (unpaired) electrons. The van der Waals surface area contributed by atoms with Gasteiger partial charge in [0, 0.05) is 12.1 Å². The van der Waals surface area contributed by atoms with Crippen LogP contribution < -0.4 is 15.4 Å². The van der Waals surface area contributed by atoms with E-state index in [1.165, 1.54) is 5.56 Å². The van der Waals surface area contributed by atoms with Gasteiger partial charge in [0.05, 0.1) is 12.2 Å². The normalized spacial score (nSPS) is 10.7. The first-order valence-electron chi connectivity index (χ1n) is 8.14. The number of benzene rings is 1. The predicted molar refractivity (Wildman–Crippen MR) is 92.2 cm³/mol. The van der Waals surface area contributed by atoms with Gasteiger partial charge in [-0.3, -0.25) is 0 Å². The summed E-state index contributed by atoms with van der Waals surface area (Å²) < 4.78 is 10.8. The molecule has 2 amide bonds. The largest absolute Gasteiger partial charge is 0.491 e. The Kier molecular flexibility index (Phi) is 6.23. The van der Waals surface area contributed by atoms with Gasteiger partial charge in [0.15, 0.2) is 0 Å². The summed E-state index contributed by atoms with van der Waals surface area (Å²) in [6, 6.07) is 7.72. The topological polar surface area (TPSA) is 76.4 Å². The second-order valence-electron chi connectivity index (χ2n) is 5.95. The maximum atomic E-state index is 11.8. The first kappa shape index (κ1) is 17.8. The Morgan fingerprint density at radius 3 is 2.67 bits per heavy atom. The van der Waals surface area contributed by atoms with Crippen LogP contribution in [0.5, 0.6) is 5.75 Å². The number of nitrogens with one attached hydrogen (secondary N) is 2. The highest BCUT2D eigenvalue weighted by Crippen LogP contribution is 2.25. The molecular formula is C18H25N3O3. The number of nitrogens with zero attached hydrogens (tertiary/aromatic N) is 1. The number of para-hydroxylation sites is 1. The Morgan fingerprint density at radius 2 is 2.00 bits per heavy atom. The van der Waals surface area contributed by atoms with Crippen LogP contribution in [-0.2, 0) is 6.54 Å². The van der Waals surface area contributed by atoms with Crippen LogP contribution in [0.1, 0.15) is 42.3 Å². The fourth-order valence-electron chi connectivity index (χ4n) is 2.40. The lowest BCUT2D eigenvalue weighted by Gasteiger charge is -2.14. The molecule has 0 saturated carbocycles. The van der Waals surface area contributed by atoms with E-state index in [0.29, 0.717) is 25.6 Å². The summed E-state index contributed by atoms with van der Waals surface area (Å²) in [5.41, 5.74) is 2.87. The summed E-state index contributed by atoms with van der Waals surface area (Å²) in [4.78, 5) is 11.8. The molecule has 130 valence electrons. The van der Waals surface area contributed by atoms with Crippen LogP contribution in [0.15, 0.2) is 28.8 Å². The average Bonchev–Trinajstić information content (AvgIpc) is 2.88. The summed E-state index contributed by atoms with van der Waals surface area (Å²) in [5, 5.41) is 9.43. The molecule has 0 aliphatic heterocycles. The lowest BCUT2D eigenvalue weighted by Crippen LogP contribution is -2.37. The molecular weight excluding hydrogens is 306 g/mol. The minimum Gasteiger partial charge on any atom is -0.491 e. The van der Waals surface area contributed by atoms with Crippen molar-refractivity contribution in [1.29, 1.82) is 0 Å². The zero-order chi connectivity index (χ0) is 17.5. The van der Waals surface area contributed by atoms with E-state index >= 15 is 0 Å². The van der Waals surface area contributed by atoms with E-state index in [4.69, 9.17) is 9.26 Å². The Bertz CT molecular complexity index is 660. The lowest BCUT2D eigenvalue weighted by molar-refractivity contribution is 0.236. The van der Waals surface area contributed by atoms with Gasteiger partial charge in [-0.2, -0.15) is 0 Å². The van der Waals surface area contributed by atoms with Crippen molar-refractivity contribution in [3.05, 3.63) is 46.8 Å². The molecule has 24 heavy (non-hydrogen) atoms. The number of ether oxygens (including phenoxy) is 1. The van der Waals surface area contributed by atoms with E-state index in [-0.39, 0.29) is 6.03 Å². The van der Waals surface area contributed by atoms with Crippen molar-refractivity contribution in [1.82, 2.24) is 15.8 Å². The van der Waals surface area contributed by atoms with Gasteiger partial charge >= 0.3 is 6.03 Å². The van der Waals surface area contributed by atoms with Crippen molar-refractivity contribution < 1.29 is 14.1 Å². The molecule has 6 heteroatoms. The lowest BCUT2D eigenvalue weighted by atomic mass is 10.0. The molecule has 0 unspecified atom stereocenters. The Morgan fingerprint density at radius 1 is 1.25 bits per heavy atom. The Labute approximate surface area is 142 Å². The van der Waals surface area contributed by atoms with Crippen LogP contribution in [0.2, 0.25) is 0 Å². The molecule has 0 atom stereocenters. The highest BCUT2D eigenvalue weighted by Gasteiger charge is 2.10. The maximum Gasteiger partial charge on any atom is 0.315 e. The number of amides is 2. The van der Waals surface area contributed by atoms with Crippen molar-refractivity contribution in [3.8, 4) is 5.75 Å². The number of carbonyl (C=O) groups is 1. The molecule has 2 aromatic rings. The van der Waals surface area contributed by atoms with E-state index in [0.717, 1.165) is 22.8 Å². The van der Waals surface area contributed by atoms with E-state index < -0.39 is 0 Å². The third-order valence-corrected chi connectivity index (χ3v) is 3.79. The molecule has 0 aliphatic carbocycles. The van der Waals surface area contributed by atoms with Crippen LogP contribution >= 0.6 is 0 Å². The van der Waals surface area contributed by atoms with Crippen molar-refractivity contribution in [2.24, 2.45) is 0 Å². The number of aromatic nitrogens is 1. The fraction of sp³-hybridized carbons (Fsp3) is 0.444. The molecule has 2 rings (SSSR count). The molecule has 0 spiro atoms. The quantitative estimate of drug-likeness (QED) is 0.763. The van der Waals surface area contributed by atoms with Gasteiger partial charge in [-0.1, -0.05) is 37.2 Å². The van der Waals surface area contributed by atoms with Crippen molar-refractivity contribution in [2.45, 2.75) is 40.2 Å². The van der Waals surface area contributed by atoms with Crippen LogP contribution in [0.3, 0.4) is 0 Å². The minimum absolute atomic E-state index is 0.240. The zero-order valence-electron chi connectivity index (χ0n) is 14.7. The van der Waals surface area contributed by atoms with Gasteiger partial charge in [-0.15, -0.1) is 0 Å². The first-order valence-corrected chi connectivity index (χ1v) is 8.14. The third-order valence-electron chi connectivity index (χ3n) is 3.79. The van der Waals surface area contributed by atoms with Crippen LogP contribution in [0.4, 0.5) is 4.79 Å². The zero-order valence-corrected chi connectivity index (χ0v) is 14.7. The predicted octanol–water partition coefficient (Wildman–Crippen LogP) is 3.29. The average molecular weight is 331 g/mol. The molecule has 1 aromatic carbocycles. The standard InChI is InChI=1S/C18H25N3O3/c1-12(2)15-7-5-6-8-17(15)23-10-9-19-18(22)20-11-16-13(3)21-24-14(16)4/h5-8,12H,9-11H2,1-4H3,(H2,19,20,22). The number of hydrogen-bond acceptors (Lipinski definition) is 4. The third kappa shape index (κ3) is 4.75. The van der Waals surface area contributed by atoms with Crippen LogP contribution in [-0.4, -0.2) is 24.3 Å². The van der Waals surface area contributed by atoms with E-state index in [1.54, 1.807) is 0 Å². The molecule has 6 nitrogen and oxygen atoms in total. The first-order chi connectivity index (χ1) is 11.5. The molecule has 0 saturated heterocycles. The monoisotopic (exact) mass is 331 g/mol. The number of rotatable bonds is 7. The van der Waals surface area contributed by atoms with E-state index in [1.807, 2.05) is 32.0 Å². The molecule has 0 aliphatic rings. The number of aryl methyl sites for hydroxylation is 2. The number of hydrogen-bond donors (Lipinski definition) is 2. The summed E-state index contributed by atoms with van der Waals surface area (Å²) in [6.45, 7) is 9.18. The number of carbonyl (C=O) groups excluding carboxylic acids is 1. The fourth-order valence-corrected chi connectivity index (χ4v) is 2.40. The molecule has 0 fully saturated rings. The summed E-state index contributed by atoms with van der Waals surface area (Å²) >= 11 is 0. The minimum atomic E-state index is -0.240. The Hall–Kier alpha value is -2.50. The van der Waals surface area contributed by atoms with Gasteiger partial charge in [0.1, 0.15) is 18.1 Å². The molecule has 1 aromatic heterocycles. The van der Waals surface area contributed by atoms with Gasteiger partial charge in [0.2, 0.25) is 0 Å². The van der Waals surface area contributed by atoms with Gasteiger partial charge in [0.25, 0.3) is 0 Å². The van der Waals surface area contributed by atoms with Crippen LogP contribution in [0.25, 0.3) is 0 Å². The van der Waals surface area contributed by atoms with E-state index in [9.17, 15) is 4.79 Å². The maximum absolute atomic E-state index is 11.8. The molecule has 2 N–H and O–H groups in total. The van der Waals surface area contributed by atoms with Gasteiger partial charge < -0.3 is 19.9 Å². The van der Waals surface area contributed by atoms with Gasteiger partial charge in [-0.05, 0) is 31.4 Å². The summed E-state index contributed by atoms with van der Waals surface area (Å²) in [7, 11) is 0. The Balaban J connectivity index is 1.72. The highest BCUT2D eigenvalue weighted by atomic mass is 16.5. The van der Waals surface area contributed by atoms with Gasteiger partial charge in [-0.25, -0.2) is 4.79 Å². The second kappa shape index (κ2) is 8.38. The molecule has 1 heterocycles.